The fraction of sp³-hybridized carbons (Fsp3) is 0.188. The van der Waals surface area contributed by atoms with Gasteiger partial charge in [-0.25, -0.2) is 13.2 Å². The molecule has 2 aromatic rings. The molecule has 0 fully saturated rings. The molecule has 1 aliphatic heterocycles. The second-order valence-corrected chi connectivity index (χ2v) is 5.96. The molecule has 1 heterocycles. The van der Waals surface area contributed by atoms with Crippen LogP contribution in [0.1, 0.15) is 11.1 Å². The molecule has 0 aromatic heterocycles. The van der Waals surface area contributed by atoms with Crippen molar-refractivity contribution in [2.45, 2.75) is 12.8 Å². The molecule has 0 atom stereocenters. The largest absolute Gasteiger partial charge is 0.311 e. The van der Waals surface area contributed by atoms with E-state index in [2.05, 4.69) is 15.9 Å². The zero-order chi connectivity index (χ0) is 15.9. The van der Waals surface area contributed by atoms with Gasteiger partial charge in [-0.05, 0) is 46.1 Å². The quantitative estimate of drug-likeness (QED) is 0.783. The van der Waals surface area contributed by atoms with Gasteiger partial charge < -0.3 is 4.90 Å². The van der Waals surface area contributed by atoms with E-state index in [1.165, 1.54) is 29.2 Å². The predicted octanol–water partition coefficient (Wildman–Crippen LogP) is 4.00. The third-order valence-electron chi connectivity index (χ3n) is 3.65. The fourth-order valence-electron chi connectivity index (χ4n) is 2.60. The van der Waals surface area contributed by atoms with Gasteiger partial charge in [0.25, 0.3) is 0 Å². The highest BCUT2D eigenvalue weighted by molar-refractivity contribution is 9.10. The fourth-order valence-corrected chi connectivity index (χ4v) is 3.03. The second-order valence-electron chi connectivity index (χ2n) is 5.11. The first-order chi connectivity index (χ1) is 10.5. The van der Waals surface area contributed by atoms with Crippen LogP contribution < -0.4 is 4.90 Å². The van der Waals surface area contributed by atoms with Gasteiger partial charge >= 0.3 is 0 Å². The zero-order valence-electron chi connectivity index (χ0n) is 11.4. The molecule has 114 valence electrons. The number of anilines is 1. The number of amides is 1. The molecule has 0 spiro atoms. The summed E-state index contributed by atoms with van der Waals surface area (Å²) in [5, 5.41) is 0. The average molecular weight is 370 g/mol. The van der Waals surface area contributed by atoms with Gasteiger partial charge in [0.15, 0.2) is 0 Å². The van der Waals surface area contributed by atoms with Crippen LogP contribution >= 0.6 is 15.9 Å². The summed E-state index contributed by atoms with van der Waals surface area (Å²) < 4.78 is 40.5. The Morgan fingerprint density at radius 3 is 2.64 bits per heavy atom. The Kier molecular flexibility index (Phi) is 3.95. The summed E-state index contributed by atoms with van der Waals surface area (Å²) in [6, 6.07) is 6.30. The number of nitrogens with zero attached hydrogens (tertiary/aromatic N) is 1. The number of carbonyl (C=O) groups excluding carboxylic acids is 1. The van der Waals surface area contributed by atoms with Crippen LogP contribution in [0.15, 0.2) is 34.8 Å². The minimum Gasteiger partial charge on any atom is -0.311 e. The van der Waals surface area contributed by atoms with Crippen LogP contribution in [0.4, 0.5) is 18.9 Å². The summed E-state index contributed by atoms with van der Waals surface area (Å²) in [7, 11) is 0. The van der Waals surface area contributed by atoms with Crippen LogP contribution in [0.3, 0.4) is 0 Å². The monoisotopic (exact) mass is 369 g/mol. The average Bonchev–Trinajstić information content (AvgIpc) is 2.87. The lowest BCUT2D eigenvalue weighted by Gasteiger charge is -2.17. The van der Waals surface area contributed by atoms with E-state index in [0.717, 1.165) is 6.07 Å². The topological polar surface area (TPSA) is 20.3 Å². The zero-order valence-corrected chi connectivity index (χ0v) is 13.0. The molecule has 0 radical (unpaired) electrons. The molecule has 0 saturated carbocycles. The van der Waals surface area contributed by atoms with E-state index in [0.29, 0.717) is 24.1 Å². The first kappa shape index (κ1) is 15.1. The predicted molar refractivity (Wildman–Crippen MR) is 80.2 cm³/mol. The molecule has 0 unspecified atom stereocenters. The van der Waals surface area contributed by atoms with Crippen molar-refractivity contribution in [2.75, 3.05) is 11.4 Å². The lowest BCUT2D eigenvalue weighted by atomic mass is 10.1. The van der Waals surface area contributed by atoms with E-state index in [-0.39, 0.29) is 22.5 Å². The molecule has 0 N–H and O–H groups in total. The maximum absolute atomic E-state index is 13.7. The summed E-state index contributed by atoms with van der Waals surface area (Å²) in [5.41, 5.74) is 1.27. The Morgan fingerprint density at radius 1 is 1.14 bits per heavy atom. The molecular weight excluding hydrogens is 359 g/mol. The van der Waals surface area contributed by atoms with Gasteiger partial charge in [0.2, 0.25) is 5.91 Å². The Labute approximate surface area is 133 Å². The summed E-state index contributed by atoms with van der Waals surface area (Å²) >= 11 is 3.07. The van der Waals surface area contributed by atoms with Crippen molar-refractivity contribution >= 4 is 27.5 Å². The third kappa shape index (κ3) is 2.75. The number of hydrogen-bond acceptors (Lipinski definition) is 1. The summed E-state index contributed by atoms with van der Waals surface area (Å²) in [6.07, 6.45) is 0.400. The van der Waals surface area contributed by atoms with E-state index < -0.39 is 17.5 Å². The highest BCUT2D eigenvalue weighted by Gasteiger charge is 2.27. The summed E-state index contributed by atoms with van der Waals surface area (Å²) in [4.78, 5) is 13.7. The smallest absolute Gasteiger partial charge is 0.231 e. The molecule has 0 saturated heterocycles. The molecule has 0 aliphatic carbocycles. The number of fused-ring (bicyclic) bond motifs is 1. The SMILES string of the molecule is O=C(Cc1ccc(F)c(Br)c1)N1CCc2c(F)cc(F)cc21. The molecular formula is C16H11BrF3NO. The first-order valence-electron chi connectivity index (χ1n) is 6.68. The van der Waals surface area contributed by atoms with Gasteiger partial charge in [-0.15, -0.1) is 0 Å². The van der Waals surface area contributed by atoms with Gasteiger partial charge in [-0.2, -0.15) is 0 Å². The Hall–Kier alpha value is -1.82. The number of halogens is 4. The molecule has 2 nitrogen and oxygen atoms in total. The van der Waals surface area contributed by atoms with E-state index in [1.54, 1.807) is 0 Å². The molecule has 1 amide bonds. The van der Waals surface area contributed by atoms with Crippen molar-refractivity contribution in [3.8, 4) is 0 Å². The molecule has 6 heteroatoms. The maximum Gasteiger partial charge on any atom is 0.231 e. The highest BCUT2D eigenvalue weighted by Crippen LogP contribution is 2.31. The number of rotatable bonds is 2. The Bertz CT molecular complexity index is 763. The molecule has 22 heavy (non-hydrogen) atoms. The van der Waals surface area contributed by atoms with Crippen molar-refractivity contribution in [3.63, 3.8) is 0 Å². The highest BCUT2D eigenvalue weighted by atomic mass is 79.9. The molecule has 2 aromatic carbocycles. The van der Waals surface area contributed by atoms with E-state index in [1.807, 2.05) is 0 Å². The maximum atomic E-state index is 13.7. The lowest BCUT2D eigenvalue weighted by Crippen LogP contribution is -2.30. The molecule has 3 rings (SSSR count). The van der Waals surface area contributed by atoms with Crippen LogP contribution in [0, 0.1) is 17.5 Å². The van der Waals surface area contributed by atoms with Crippen LogP contribution in [0.2, 0.25) is 0 Å². The van der Waals surface area contributed by atoms with E-state index in [4.69, 9.17) is 0 Å². The van der Waals surface area contributed by atoms with E-state index in [9.17, 15) is 18.0 Å². The standard InChI is InChI=1S/C16H11BrF3NO/c17-12-5-9(1-2-13(12)19)6-16(22)21-4-3-11-14(20)7-10(18)8-15(11)21/h1-2,5,7-8H,3-4,6H2. The number of hydrogen-bond donors (Lipinski definition) is 0. The minimum atomic E-state index is -0.708. The number of carbonyl (C=O) groups is 1. The molecule has 0 bridgehead atoms. The van der Waals surface area contributed by atoms with Gasteiger partial charge in [-0.1, -0.05) is 6.07 Å². The van der Waals surface area contributed by atoms with Crippen LogP contribution in [0.5, 0.6) is 0 Å². The second kappa shape index (κ2) is 5.76. The van der Waals surface area contributed by atoms with Crippen molar-refractivity contribution < 1.29 is 18.0 Å². The Morgan fingerprint density at radius 2 is 1.91 bits per heavy atom. The van der Waals surface area contributed by atoms with Gasteiger partial charge in [-0.3, -0.25) is 4.79 Å². The van der Waals surface area contributed by atoms with Crippen LogP contribution in [-0.2, 0) is 17.6 Å². The number of benzene rings is 2. The van der Waals surface area contributed by atoms with Crippen molar-refractivity contribution in [1.29, 1.82) is 0 Å². The van der Waals surface area contributed by atoms with Gasteiger partial charge in [0, 0.05) is 18.2 Å². The lowest BCUT2D eigenvalue weighted by molar-refractivity contribution is -0.117. The van der Waals surface area contributed by atoms with Crippen molar-refractivity contribution in [3.05, 3.63) is 63.4 Å². The minimum absolute atomic E-state index is 0.0381. The summed E-state index contributed by atoms with van der Waals surface area (Å²) in [6.45, 7) is 0.316. The Balaban J connectivity index is 1.85. The summed E-state index contributed by atoms with van der Waals surface area (Å²) in [5.74, 6) is -2.02. The van der Waals surface area contributed by atoms with Crippen molar-refractivity contribution in [2.24, 2.45) is 0 Å². The van der Waals surface area contributed by atoms with Crippen LogP contribution in [-0.4, -0.2) is 12.5 Å². The molecule has 1 aliphatic rings. The van der Waals surface area contributed by atoms with Gasteiger partial charge in [0.1, 0.15) is 17.5 Å². The normalized spacial score (nSPS) is 13.4. The van der Waals surface area contributed by atoms with Crippen LogP contribution in [0.25, 0.3) is 0 Å². The first-order valence-corrected chi connectivity index (χ1v) is 7.47. The van der Waals surface area contributed by atoms with E-state index >= 15 is 0 Å². The van der Waals surface area contributed by atoms with Crippen molar-refractivity contribution in [1.82, 2.24) is 0 Å². The third-order valence-corrected chi connectivity index (χ3v) is 4.26. The van der Waals surface area contributed by atoms with Gasteiger partial charge in [0.05, 0.1) is 16.6 Å².